The minimum atomic E-state index is 0.122. The fraction of sp³-hybridized carbons (Fsp3) is 0.917. The van der Waals surface area contributed by atoms with E-state index in [1.807, 2.05) is 11.9 Å². The van der Waals surface area contributed by atoms with Crippen LogP contribution in [0.25, 0.3) is 0 Å². The van der Waals surface area contributed by atoms with Crippen LogP contribution in [0.5, 0.6) is 0 Å². The molecule has 0 aliphatic carbocycles. The Kier molecular flexibility index (Phi) is 6.23. The third-order valence-electron chi connectivity index (χ3n) is 3.20. The molecule has 4 nitrogen and oxygen atoms in total. The van der Waals surface area contributed by atoms with E-state index in [4.69, 9.17) is 0 Å². The van der Waals surface area contributed by atoms with E-state index in [1.165, 1.54) is 0 Å². The molecule has 0 radical (unpaired) electrons. The second-order valence-corrected chi connectivity index (χ2v) is 4.57. The van der Waals surface area contributed by atoms with Crippen molar-refractivity contribution in [3.05, 3.63) is 0 Å². The molecule has 1 aliphatic rings. The highest BCUT2D eigenvalue weighted by atomic mass is 16.2. The summed E-state index contributed by atoms with van der Waals surface area (Å²) >= 11 is 0. The first-order valence-electron chi connectivity index (χ1n) is 6.45. The maximum absolute atomic E-state index is 11.7. The highest BCUT2D eigenvalue weighted by molar-refractivity contribution is 5.74. The van der Waals surface area contributed by atoms with Crippen LogP contribution < -0.4 is 10.6 Å². The van der Waals surface area contributed by atoms with Crippen molar-refractivity contribution in [1.82, 2.24) is 15.5 Å². The summed E-state index contributed by atoms with van der Waals surface area (Å²) in [6.07, 6.45) is 4.45. The molecule has 1 fully saturated rings. The number of nitrogens with zero attached hydrogens (tertiary/aromatic N) is 1. The number of urea groups is 1. The number of carbonyl (C=O) groups is 1. The number of rotatable bonds is 5. The molecule has 94 valence electrons. The van der Waals surface area contributed by atoms with Crippen LogP contribution in [0.3, 0.4) is 0 Å². The molecule has 0 bridgehead atoms. The number of carbonyl (C=O) groups excluding carboxylic acids is 1. The predicted molar refractivity (Wildman–Crippen MR) is 66.5 cm³/mol. The second-order valence-electron chi connectivity index (χ2n) is 4.57. The van der Waals surface area contributed by atoms with Crippen molar-refractivity contribution in [2.45, 2.75) is 32.6 Å². The molecule has 2 amide bonds. The van der Waals surface area contributed by atoms with Crippen LogP contribution in [-0.2, 0) is 0 Å². The van der Waals surface area contributed by atoms with E-state index in [2.05, 4.69) is 17.6 Å². The van der Waals surface area contributed by atoms with Crippen molar-refractivity contribution in [1.29, 1.82) is 0 Å². The van der Waals surface area contributed by atoms with Gasteiger partial charge in [-0.25, -0.2) is 4.79 Å². The Hall–Kier alpha value is -0.770. The summed E-state index contributed by atoms with van der Waals surface area (Å²) in [7, 11) is 1.99. The van der Waals surface area contributed by atoms with E-state index in [1.54, 1.807) is 0 Å². The maximum atomic E-state index is 11.7. The molecular weight excluding hydrogens is 202 g/mol. The van der Waals surface area contributed by atoms with E-state index in [9.17, 15) is 4.79 Å². The first-order chi connectivity index (χ1) is 7.77. The van der Waals surface area contributed by atoms with Crippen molar-refractivity contribution < 1.29 is 4.79 Å². The lowest BCUT2D eigenvalue weighted by atomic mass is 9.97. The molecule has 0 atom stereocenters. The number of likely N-dealkylation sites (tertiary alicyclic amines) is 1. The Balaban J connectivity index is 2.17. The summed E-state index contributed by atoms with van der Waals surface area (Å²) in [5.41, 5.74) is 0. The van der Waals surface area contributed by atoms with Gasteiger partial charge in [-0.1, -0.05) is 13.3 Å². The normalized spacial score (nSPS) is 17.5. The van der Waals surface area contributed by atoms with Crippen molar-refractivity contribution in [2.24, 2.45) is 5.92 Å². The van der Waals surface area contributed by atoms with E-state index in [-0.39, 0.29) is 6.03 Å². The Bertz CT molecular complexity index is 200. The highest BCUT2D eigenvalue weighted by Gasteiger charge is 2.21. The van der Waals surface area contributed by atoms with Gasteiger partial charge in [-0.2, -0.15) is 0 Å². The van der Waals surface area contributed by atoms with Gasteiger partial charge < -0.3 is 15.5 Å². The van der Waals surface area contributed by atoms with Gasteiger partial charge in [-0.05, 0) is 38.8 Å². The quantitative estimate of drug-likeness (QED) is 0.698. The zero-order valence-corrected chi connectivity index (χ0v) is 10.6. The zero-order valence-electron chi connectivity index (χ0n) is 10.6. The fourth-order valence-corrected chi connectivity index (χ4v) is 2.11. The van der Waals surface area contributed by atoms with Gasteiger partial charge >= 0.3 is 6.03 Å². The van der Waals surface area contributed by atoms with Crippen LogP contribution in [0.15, 0.2) is 0 Å². The number of piperidine rings is 1. The molecule has 16 heavy (non-hydrogen) atoms. The summed E-state index contributed by atoms with van der Waals surface area (Å²) in [5.74, 6) is 0.740. The topological polar surface area (TPSA) is 44.4 Å². The second kappa shape index (κ2) is 7.49. The number of nitrogens with one attached hydrogen (secondary N) is 2. The van der Waals surface area contributed by atoms with Gasteiger partial charge in [0, 0.05) is 19.6 Å². The Morgan fingerprint density at radius 2 is 2.06 bits per heavy atom. The molecule has 1 saturated heterocycles. The minimum absolute atomic E-state index is 0.122. The van der Waals surface area contributed by atoms with Crippen LogP contribution in [0.2, 0.25) is 0 Å². The Morgan fingerprint density at radius 1 is 1.38 bits per heavy atom. The lowest BCUT2D eigenvalue weighted by Gasteiger charge is -2.31. The van der Waals surface area contributed by atoms with Crippen LogP contribution in [0.4, 0.5) is 4.79 Å². The number of hydrogen-bond donors (Lipinski definition) is 2. The molecule has 1 rings (SSSR count). The number of hydrogen-bond acceptors (Lipinski definition) is 2. The highest BCUT2D eigenvalue weighted by Crippen LogP contribution is 2.16. The largest absolute Gasteiger partial charge is 0.338 e. The number of unbranched alkanes of at least 4 members (excludes halogenated alkanes) is 1. The average molecular weight is 227 g/mol. The first-order valence-corrected chi connectivity index (χ1v) is 6.45. The summed E-state index contributed by atoms with van der Waals surface area (Å²) in [4.78, 5) is 13.7. The van der Waals surface area contributed by atoms with Crippen LogP contribution >= 0.6 is 0 Å². The first kappa shape index (κ1) is 13.3. The number of amides is 2. The molecule has 2 N–H and O–H groups in total. The van der Waals surface area contributed by atoms with Crippen molar-refractivity contribution in [2.75, 3.05) is 33.2 Å². The molecule has 0 unspecified atom stereocenters. The standard InChI is InChI=1S/C12H25N3O/c1-3-4-7-14-12(16)15-8-5-11(6-9-15)10-13-2/h11,13H,3-10H2,1-2H3,(H,14,16). The van der Waals surface area contributed by atoms with E-state index < -0.39 is 0 Å². The monoisotopic (exact) mass is 227 g/mol. The molecular formula is C12H25N3O. The molecule has 4 heteroatoms. The third-order valence-corrected chi connectivity index (χ3v) is 3.20. The molecule has 1 heterocycles. The van der Waals surface area contributed by atoms with Gasteiger partial charge in [0.1, 0.15) is 0 Å². The summed E-state index contributed by atoms with van der Waals surface area (Å²) in [6, 6.07) is 0.122. The molecule has 0 spiro atoms. The zero-order chi connectivity index (χ0) is 11.8. The van der Waals surface area contributed by atoms with Crippen molar-refractivity contribution in [3.63, 3.8) is 0 Å². The van der Waals surface area contributed by atoms with Gasteiger partial charge in [0.05, 0.1) is 0 Å². The van der Waals surface area contributed by atoms with Gasteiger partial charge in [0.15, 0.2) is 0 Å². The Morgan fingerprint density at radius 3 is 2.62 bits per heavy atom. The average Bonchev–Trinajstić information content (AvgIpc) is 2.30. The van der Waals surface area contributed by atoms with Crippen LogP contribution in [0, 0.1) is 5.92 Å². The molecule has 0 aromatic rings. The van der Waals surface area contributed by atoms with Gasteiger partial charge in [-0.3, -0.25) is 0 Å². The van der Waals surface area contributed by atoms with Crippen molar-refractivity contribution in [3.8, 4) is 0 Å². The molecule has 1 aliphatic heterocycles. The molecule has 0 aromatic heterocycles. The SMILES string of the molecule is CCCCNC(=O)N1CCC(CNC)CC1. The summed E-state index contributed by atoms with van der Waals surface area (Å²) in [5, 5.41) is 6.18. The predicted octanol–water partition coefficient (Wildman–Crippen LogP) is 1.43. The van der Waals surface area contributed by atoms with E-state index in [0.29, 0.717) is 0 Å². The molecule has 0 aromatic carbocycles. The van der Waals surface area contributed by atoms with Gasteiger partial charge in [0.2, 0.25) is 0 Å². The summed E-state index contributed by atoms with van der Waals surface area (Å²) in [6.45, 7) is 5.83. The van der Waals surface area contributed by atoms with Crippen LogP contribution in [-0.4, -0.2) is 44.2 Å². The van der Waals surface area contributed by atoms with E-state index >= 15 is 0 Å². The van der Waals surface area contributed by atoms with Crippen LogP contribution in [0.1, 0.15) is 32.6 Å². The fourth-order valence-electron chi connectivity index (χ4n) is 2.11. The van der Waals surface area contributed by atoms with Gasteiger partial charge in [-0.15, -0.1) is 0 Å². The van der Waals surface area contributed by atoms with Gasteiger partial charge in [0.25, 0.3) is 0 Å². The maximum Gasteiger partial charge on any atom is 0.317 e. The Labute approximate surface area is 98.8 Å². The summed E-state index contributed by atoms with van der Waals surface area (Å²) < 4.78 is 0. The lowest BCUT2D eigenvalue weighted by Crippen LogP contribution is -2.45. The lowest BCUT2D eigenvalue weighted by molar-refractivity contribution is 0.170. The third kappa shape index (κ3) is 4.39. The van der Waals surface area contributed by atoms with E-state index in [0.717, 1.165) is 57.8 Å². The van der Waals surface area contributed by atoms with Crippen molar-refractivity contribution >= 4 is 6.03 Å². The smallest absolute Gasteiger partial charge is 0.317 e. The minimum Gasteiger partial charge on any atom is -0.338 e. The molecule has 0 saturated carbocycles.